The van der Waals surface area contributed by atoms with Gasteiger partial charge in [0.25, 0.3) is 10.1 Å². The first-order valence-corrected chi connectivity index (χ1v) is 4.16. The standard InChI is InChI=1S/C4H6O7S.2Au/c5-3(6)1-2(4(7)8)12(9,10)11;;/h2H,1H2,(H,5,6)(H,7,8)(H,9,10,11);;. The molecule has 1 atom stereocenters. The summed E-state index contributed by atoms with van der Waals surface area (Å²) in [6.45, 7) is 0. The zero-order valence-corrected chi connectivity index (χ0v) is 11.4. The number of carboxylic acids is 2. The molecule has 0 fully saturated rings. The second-order valence-corrected chi connectivity index (χ2v) is 3.54. The van der Waals surface area contributed by atoms with Crippen LogP contribution in [0.3, 0.4) is 0 Å². The van der Waals surface area contributed by atoms with Gasteiger partial charge in [0.05, 0.1) is 6.42 Å². The molecule has 0 aliphatic rings. The van der Waals surface area contributed by atoms with Crippen LogP contribution in [-0.4, -0.2) is 40.4 Å². The summed E-state index contributed by atoms with van der Waals surface area (Å²) in [5.41, 5.74) is 0. The normalized spacial score (nSPS) is 11.8. The second kappa shape index (κ2) is 7.60. The topological polar surface area (TPSA) is 129 Å². The van der Waals surface area contributed by atoms with Crippen LogP contribution in [0.15, 0.2) is 0 Å². The van der Waals surface area contributed by atoms with Gasteiger partial charge in [0.2, 0.25) is 0 Å². The smallest absolute Gasteiger partial charge is 0.325 e. The van der Waals surface area contributed by atoms with Gasteiger partial charge in [-0.25, -0.2) is 0 Å². The molecule has 2 radical (unpaired) electrons. The third kappa shape index (κ3) is 7.71. The van der Waals surface area contributed by atoms with Gasteiger partial charge in [-0.1, -0.05) is 0 Å². The molecule has 0 spiro atoms. The van der Waals surface area contributed by atoms with E-state index in [4.69, 9.17) is 14.8 Å². The Kier molecular flexibility index (Phi) is 10.8. The average molecular weight is 592 g/mol. The summed E-state index contributed by atoms with van der Waals surface area (Å²) in [7, 11) is -4.84. The fraction of sp³-hybridized carbons (Fsp3) is 0.500. The van der Waals surface area contributed by atoms with E-state index in [1.54, 1.807) is 0 Å². The Morgan fingerprint density at radius 3 is 1.57 bits per heavy atom. The average Bonchev–Trinajstić information content (AvgIpc) is 1.79. The minimum absolute atomic E-state index is 0. The number of rotatable bonds is 4. The molecule has 0 saturated heterocycles. The fourth-order valence-electron chi connectivity index (χ4n) is 0.479. The molecule has 14 heavy (non-hydrogen) atoms. The van der Waals surface area contributed by atoms with Crippen molar-refractivity contribution in [3.63, 3.8) is 0 Å². The number of hydrogen-bond acceptors (Lipinski definition) is 4. The Labute approximate surface area is 111 Å². The molecule has 0 aromatic rings. The van der Waals surface area contributed by atoms with E-state index in [1.165, 1.54) is 0 Å². The SMILES string of the molecule is O=C(O)CC(C(=O)O)S(=O)(=O)O.[Au].[Au]. The molecular formula is C4H6Au2O7S. The van der Waals surface area contributed by atoms with E-state index >= 15 is 0 Å². The molecule has 0 amide bonds. The van der Waals surface area contributed by atoms with Gasteiger partial charge in [0.1, 0.15) is 0 Å². The summed E-state index contributed by atoms with van der Waals surface area (Å²) >= 11 is 0. The van der Waals surface area contributed by atoms with Crippen LogP contribution < -0.4 is 0 Å². The van der Waals surface area contributed by atoms with Gasteiger partial charge in [-0.15, -0.1) is 0 Å². The van der Waals surface area contributed by atoms with Crippen LogP contribution in [-0.2, 0) is 64.5 Å². The van der Waals surface area contributed by atoms with Crippen LogP contribution in [0.5, 0.6) is 0 Å². The van der Waals surface area contributed by atoms with Crippen LogP contribution in [0.1, 0.15) is 6.42 Å². The summed E-state index contributed by atoms with van der Waals surface area (Å²) in [6, 6.07) is 0. The van der Waals surface area contributed by atoms with Gasteiger partial charge in [0.15, 0.2) is 5.25 Å². The Morgan fingerprint density at radius 2 is 1.50 bits per heavy atom. The van der Waals surface area contributed by atoms with Crippen molar-refractivity contribution < 1.29 is 77.5 Å². The fourth-order valence-corrected chi connectivity index (χ4v) is 1.09. The summed E-state index contributed by atoms with van der Waals surface area (Å²) in [4.78, 5) is 20.0. The van der Waals surface area contributed by atoms with Crippen molar-refractivity contribution in [3.05, 3.63) is 0 Å². The number of hydrogen-bond donors (Lipinski definition) is 3. The van der Waals surface area contributed by atoms with Crippen LogP contribution in [0.4, 0.5) is 0 Å². The molecule has 0 aliphatic heterocycles. The van der Waals surface area contributed by atoms with E-state index in [1.807, 2.05) is 0 Å². The Hall–Kier alpha value is 0.331. The molecule has 1 unspecified atom stereocenters. The molecule has 0 aliphatic carbocycles. The molecule has 0 bridgehead atoms. The van der Waals surface area contributed by atoms with Crippen molar-refractivity contribution in [2.75, 3.05) is 0 Å². The van der Waals surface area contributed by atoms with Gasteiger partial charge >= 0.3 is 11.9 Å². The van der Waals surface area contributed by atoms with Crippen LogP contribution in [0.2, 0.25) is 0 Å². The van der Waals surface area contributed by atoms with Gasteiger partial charge in [0, 0.05) is 44.8 Å². The quantitative estimate of drug-likeness (QED) is 0.277. The predicted molar refractivity (Wildman–Crippen MR) is 35.2 cm³/mol. The molecule has 0 aromatic carbocycles. The van der Waals surface area contributed by atoms with Crippen molar-refractivity contribution in [2.24, 2.45) is 0 Å². The summed E-state index contributed by atoms with van der Waals surface area (Å²) in [5.74, 6) is -3.50. The minimum Gasteiger partial charge on any atom is -0.481 e. The minimum atomic E-state index is -4.84. The van der Waals surface area contributed by atoms with Gasteiger partial charge in [-0.3, -0.25) is 14.1 Å². The van der Waals surface area contributed by atoms with E-state index in [0.29, 0.717) is 0 Å². The summed E-state index contributed by atoms with van der Waals surface area (Å²) < 4.78 is 28.7. The van der Waals surface area contributed by atoms with Gasteiger partial charge in [-0.05, 0) is 0 Å². The first-order valence-electron chi connectivity index (χ1n) is 2.66. The van der Waals surface area contributed by atoms with E-state index in [2.05, 4.69) is 0 Å². The predicted octanol–water partition coefficient (Wildman–Crippen LogP) is -1.20. The van der Waals surface area contributed by atoms with Crippen molar-refractivity contribution in [2.45, 2.75) is 11.7 Å². The first-order chi connectivity index (χ1) is 5.25. The van der Waals surface area contributed by atoms with Crippen molar-refractivity contribution >= 4 is 22.1 Å². The number of carbonyl (C=O) groups is 2. The second-order valence-electron chi connectivity index (χ2n) is 1.94. The summed E-state index contributed by atoms with van der Waals surface area (Å²) in [6.07, 6.45) is -1.16. The molecule has 0 rings (SSSR count). The zero-order valence-electron chi connectivity index (χ0n) is 6.27. The van der Waals surface area contributed by atoms with E-state index in [9.17, 15) is 18.0 Å². The van der Waals surface area contributed by atoms with E-state index in [-0.39, 0.29) is 44.8 Å². The molecule has 92 valence electrons. The van der Waals surface area contributed by atoms with Crippen molar-refractivity contribution in [1.29, 1.82) is 0 Å². The third-order valence-electron chi connectivity index (χ3n) is 0.995. The van der Waals surface area contributed by atoms with Crippen molar-refractivity contribution in [3.8, 4) is 0 Å². The van der Waals surface area contributed by atoms with Crippen LogP contribution in [0, 0.1) is 0 Å². The largest absolute Gasteiger partial charge is 0.481 e. The first kappa shape index (κ1) is 19.8. The molecule has 0 saturated carbocycles. The van der Waals surface area contributed by atoms with Gasteiger partial charge < -0.3 is 10.2 Å². The monoisotopic (exact) mass is 592 g/mol. The van der Waals surface area contributed by atoms with E-state index in [0.717, 1.165) is 0 Å². The Morgan fingerprint density at radius 1 is 1.14 bits per heavy atom. The molecule has 3 N–H and O–H groups in total. The molecule has 0 aromatic heterocycles. The van der Waals surface area contributed by atoms with Crippen LogP contribution >= 0.6 is 0 Å². The Balaban J connectivity index is -0.000000605. The molecule has 10 heteroatoms. The Bertz CT molecular complexity index is 297. The zero-order chi connectivity index (χ0) is 9.94. The van der Waals surface area contributed by atoms with Gasteiger partial charge in [-0.2, -0.15) is 8.42 Å². The molecular weight excluding hydrogens is 586 g/mol. The summed E-state index contributed by atoms with van der Waals surface area (Å²) in [5, 5.41) is 13.9. The molecule has 7 nitrogen and oxygen atoms in total. The van der Waals surface area contributed by atoms with E-state index < -0.39 is 33.7 Å². The third-order valence-corrected chi connectivity index (χ3v) is 2.08. The maximum Gasteiger partial charge on any atom is 0.325 e. The van der Waals surface area contributed by atoms with Crippen molar-refractivity contribution in [1.82, 2.24) is 0 Å². The number of carboxylic acid groups (broad SMARTS) is 2. The maximum atomic E-state index is 10.2. The van der Waals surface area contributed by atoms with Crippen LogP contribution in [0.25, 0.3) is 0 Å². The molecule has 0 heterocycles. The number of aliphatic carboxylic acids is 2. The maximum absolute atomic E-state index is 10.2.